The number of unbranched alkanes of at least 4 members (excludes halogenated alkanes) is 1. The maximum atomic E-state index is 11.9. The predicted molar refractivity (Wildman–Crippen MR) is 104 cm³/mol. The Morgan fingerprint density at radius 1 is 1.00 bits per heavy atom. The van der Waals surface area contributed by atoms with E-state index in [9.17, 15) is 9.59 Å². The van der Waals surface area contributed by atoms with Crippen molar-refractivity contribution in [1.82, 2.24) is 5.32 Å². The van der Waals surface area contributed by atoms with Gasteiger partial charge in [0.1, 0.15) is 5.75 Å². The van der Waals surface area contributed by atoms with Gasteiger partial charge in [0, 0.05) is 10.7 Å². The SMILES string of the molecule is CCCCc1ccc(NC(=O)CNC(=O)COc2ccc(Cl)cc2)cc1. The minimum absolute atomic E-state index is 0.111. The van der Waals surface area contributed by atoms with Gasteiger partial charge in [-0.3, -0.25) is 9.59 Å². The highest BCUT2D eigenvalue weighted by Gasteiger charge is 2.07. The van der Waals surface area contributed by atoms with Crippen LogP contribution in [0.5, 0.6) is 5.75 Å². The van der Waals surface area contributed by atoms with E-state index in [-0.39, 0.29) is 25.0 Å². The zero-order chi connectivity index (χ0) is 18.8. The molecule has 0 radical (unpaired) electrons. The number of carbonyl (C=O) groups excluding carboxylic acids is 2. The van der Waals surface area contributed by atoms with Crippen LogP contribution in [0.25, 0.3) is 0 Å². The van der Waals surface area contributed by atoms with Crippen molar-refractivity contribution in [2.75, 3.05) is 18.5 Å². The van der Waals surface area contributed by atoms with E-state index in [1.54, 1.807) is 24.3 Å². The van der Waals surface area contributed by atoms with Crippen LogP contribution in [0.15, 0.2) is 48.5 Å². The Hall–Kier alpha value is -2.53. The molecule has 0 fully saturated rings. The third-order valence-corrected chi connectivity index (χ3v) is 3.94. The molecule has 2 aromatic carbocycles. The first-order chi connectivity index (χ1) is 12.6. The minimum atomic E-state index is -0.370. The molecule has 0 aromatic heterocycles. The maximum absolute atomic E-state index is 11.9. The van der Waals surface area contributed by atoms with Crippen LogP contribution in [-0.2, 0) is 16.0 Å². The maximum Gasteiger partial charge on any atom is 0.258 e. The number of halogens is 1. The molecule has 0 atom stereocenters. The van der Waals surface area contributed by atoms with E-state index in [1.165, 1.54) is 5.56 Å². The van der Waals surface area contributed by atoms with Gasteiger partial charge in [-0.2, -0.15) is 0 Å². The van der Waals surface area contributed by atoms with E-state index in [1.807, 2.05) is 24.3 Å². The molecule has 2 amide bonds. The molecule has 2 N–H and O–H groups in total. The molecule has 26 heavy (non-hydrogen) atoms. The molecule has 0 aliphatic carbocycles. The molecule has 0 bridgehead atoms. The molecule has 2 aromatic rings. The predicted octanol–water partition coefficient (Wildman–Crippen LogP) is 3.82. The normalized spacial score (nSPS) is 10.2. The Labute approximate surface area is 158 Å². The van der Waals surface area contributed by atoms with Gasteiger partial charge in [0.05, 0.1) is 6.54 Å². The van der Waals surface area contributed by atoms with E-state index < -0.39 is 0 Å². The van der Waals surface area contributed by atoms with Crippen LogP contribution in [0.4, 0.5) is 5.69 Å². The Bertz CT molecular complexity index is 715. The fourth-order valence-electron chi connectivity index (χ4n) is 2.25. The van der Waals surface area contributed by atoms with Gasteiger partial charge < -0.3 is 15.4 Å². The highest BCUT2D eigenvalue weighted by Crippen LogP contribution is 2.15. The van der Waals surface area contributed by atoms with Gasteiger partial charge in [-0.25, -0.2) is 0 Å². The number of hydrogen-bond acceptors (Lipinski definition) is 3. The topological polar surface area (TPSA) is 67.4 Å². The molecule has 0 saturated heterocycles. The summed E-state index contributed by atoms with van der Waals surface area (Å²) in [5.41, 5.74) is 1.96. The summed E-state index contributed by atoms with van der Waals surface area (Å²) in [5.74, 6) is -0.117. The van der Waals surface area contributed by atoms with Crippen LogP contribution in [-0.4, -0.2) is 25.0 Å². The second-order valence-corrected chi connectivity index (χ2v) is 6.30. The van der Waals surface area contributed by atoms with E-state index >= 15 is 0 Å². The molecule has 0 heterocycles. The van der Waals surface area contributed by atoms with Crippen molar-refractivity contribution in [3.63, 3.8) is 0 Å². The van der Waals surface area contributed by atoms with E-state index in [4.69, 9.17) is 16.3 Å². The van der Waals surface area contributed by atoms with Crippen LogP contribution in [0.1, 0.15) is 25.3 Å². The van der Waals surface area contributed by atoms with Crippen molar-refractivity contribution >= 4 is 29.1 Å². The fraction of sp³-hybridized carbons (Fsp3) is 0.300. The summed E-state index contributed by atoms with van der Waals surface area (Å²) in [5, 5.41) is 5.87. The first kappa shape index (κ1) is 19.8. The van der Waals surface area contributed by atoms with Gasteiger partial charge in [0.2, 0.25) is 5.91 Å². The molecular weight excluding hydrogens is 352 g/mol. The molecule has 0 aliphatic heterocycles. The zero-order valence-corrected chi connectivity index (χ0v) is 15.5. The Balaban J connectivity index is 1.68. The molecule has 138 valence electrons. The van der Waals surface area contributed by atoms with E-state index in [0.717, 1.165) is 19.3 Å². The fourth-order valence-corrected chi connectivity index (χ4v) is 2.38. The number of carbonyl (C=O) groups is 2. The number of benzene rings is 2. The molecular formula is C20H23ClN2O3. The van der Waals surface area contributed by atoms with Gasteiger partial charge >= 0.3 is 0 Å². The Morgan fingerprint density at radius 3 is 2.35 bits per heavy atom. The summed E-state index contributed by atoms with van der Waals surface area (Å²) in [6, 6.07) is 14.4. The Morgan fingerprint density at radius 2 is 1.69 bits per heavy atom. The quantitative estimate of drug-likeness (QED) is 0.701. The number of anilines is 1. The van der Waals surface area contributed by atoms with E-state index in [2.05, 4.69) is 17.6 Å². The molecule has 0 spiro atoms. The van der Waals surface area contributed by atoms with E-state index in [0.29, 0.717) is 16.5 Å². The molecule has 2 rings (SSSR count). The minimum Gasteiger partial charge on any atom is -0.484 e. The second-order valence-electron chi connectivity index (χ2n) is 5.87. The van der Waals surface area contributed by atoms with Crippen LogP contribution >= 0.6 is 11.6 Å². The highest BCUT2D eigenvalue weighted by molar-refractivity contribution is 6.30. The molecule has 0 saturated carbocycles. The lowest BCUT2D eigenvalue weighted by Gasteiger charge is -2.09. The summed E-state index contributed by atoms with van der Waals surface area (Å²) >= 11 is 5.78. The lowest BCUT2D eigenvalue weighted by atomic mass is 10.1. The van der Waals surface area contributed by atoms with Crippen molar-refractivity contribution in [1.29, 1.82) is 0 Å². The molecule has 6 heteroatoms. The van der Waals surface area contributed by atoms with Crippen molar-refractivity contribution in [2.24, 2.45) is 0 Å². The summed E-state index contributed by atoms with van der Waals surface area (Å²) in [6.07, 6.45) is 3.34. The zero-order valence-electron chi connectivity index (χ0n) is 14.8. The molecule has 0 unspecified atom stereocenters. The highest BCUT2D eigenvalue weighted by atomic mass is 35.5. The average Bonchev–Trinajstić information content (AvgIpc) is 2.65. The number of nitrogens with one attached hydrogen (secondary N) is 2. The number of rotatable bonds is 9. The van der Waals surface area contributed by atoms with Crippen molar-refractivity contribution < 1.29 is 14.3 Å². The smallest absolute Gasteiger partial charge is 0.258 e. The summed E-state index contributed by atoms with van der Waals surface area (Å²) in [6.45, 7) is 1.88. The van der Waals surface area contributed by atoms with Crippen molar-refractivity contribution in [3.8, 4) is 5.75 Å². The Kier molecular flexibility index (Phi) is 7.96. The summed E-state index contributed by atoms with van der Waals surface area (Å²) < 4.78 is 5.32. The number of ether oxygens (including phenoxy) is 1. The lowest BCUT2D eigenvalue weighted by Crippen LogP contribution is -2.35. The van der Waals surface area contributed by atoms with Gasteiger partial charge in [-0.1, -0.05) is 37.1 Å². The largest absolute Gasteiger partial charge is 0.484 e. The third kappa shape index (κ3) is 7.15. The number of aryl methyl sites for hydroxylation is 1. The standard InChI is InChI=1S/C20H23ClN2O3/c1-2-3-4-15-5-9-17(10-6-15)23-19(24)13-22-20(25)14-26-18-11-7-16(21)8-12-18/h5-12H,2-4,13-14H2,1H3,(H,22,25)(H,23,24). The summed E-state index contributed by atoms with van der Waals surface area (Å²) in [7, 11) is 0. The number of hydrogen-bond donors (Lipinski definition) is 2. The molecule has 0 aliphatic rings. The van der Waals surface area contributed by atoms with Crippen LogP contribution < -0.4 is 15.4 Å². The average molecular weight is 375 g/mol. The molecule has 5 nitrogen and oxygen atoms in total. The lowest BCUT2D eigenvalue weighted by molar-refractivity contribution is -0.125. The first-order valence-corrected chi connectivity index (χ1v) is 8.98. The van der Waals surface area contributed by atoms with Crippen LogP contribution in [0.3, 0.4) is 0 Å². The van der Waals surface area contributed by atoms with Crippen molar-refractivity contribution in [2.45, 2.75) is 26.2 Å². The van der Waals surface area contributed by atoms with Gasteiger partial charge in [0.15, 0.2) is 6.61 Å². The first-order valence-electron chi connectivity index (χ1n) is 8.60. The summed E-state index contributed by atoms with van der Waals surface area (Å²) in [4.78, 5) is 23.6. The number of amides is 2. The monoisotopic (exact) mass is 374 g/mol. The second kappa shape index (κ2) is 10.5. The third-order valence-electron chi connectivity index (χ3n) is 3.69. The van der Waals surface area contributed by atoms with Gasteiger partial charge in [0.25, 0.3) is 5.91 Å². The van der Waals surface area contributed by atoms with Gasteiger partial charge in [-0.15, -0.1) is 0 Å². The van der Waals surface area contributed by atoms with Crippen molar-refractivity contribution in [3.05, 3.63) is 59.1 Å². The van der Waals surface area contributed by atoms with Crippen LogP contribution in [0, 0.1) is 0 Å². The van der Waals surface area contributed by atoms with Crippen LogP contribution in [0.2, 0.25) is 5.02 Å². The van der Waals surface area contributed by atoms with Gasteiger partial charge in [-0.05, 0) is 54.8 Å².